The molecule has 0 spiro atoms. The second-order valence-electron chi connectivity index (χ2n) is 3.73. The number of carbonyl (C=O) groups excluding carboxylic acids is 2. The largest absolute Gasteiger partial charge is 0.481 e. The van der Waals surface area contributed by atoms with Crippen molar-refractivity contribution in [1.82, 2.24) is 0 Å². The molecule has 18 heavy (non-hydrogen) atoms. The number of rotatable bonds is 8. The first kappa shape index (κ1) is 16.3. The molecule has 0 bridgehead atoms. The third kappa shape index (κ3) is 5.60. The topological polar surface area (TPSA) is 130 Å². The van der Waals surface area contributed by atoms with Gasteiger partial charge in [-0.05, 0) is 6.42 Å². The number of carbonyl (C=O) groups is 3. The smallest absolute Gasteiger partial charge is 0.345 e. The van der Waals surface area contributed by atoms with Crippen LogP contribution in [0.2, 0.25) is 0 Å². The van der Waals surface area contributed by atoms with E-state index in [4.69, 9.17) is 10.4 Å². The van der Waals surface area contributed by atoms with Gasteiger partial charge in [-0.3, -0.25) is 4.79 Å². The van der Waals surface area contributed by atoms with E-state index in [1.165, 1.54) is 0 Å². The maximum Gasteiger partial charge on any atom is 0.345 e. The molecule has 0 aromatic carbocycles. The van der Waals surface area contributed by atoms with E-state index in [9.17, 15) is 19.5 Å². The van der Waals surface area contributed by atoms with Gasteiger partial charge >= 0.3 is 17.9 Å². The number of carboxylic acid groups (broad SMARTS) is 1. The van der Waals surface area contributed by atoms with Gasteiger partial charge in [0.1, 0.15) is 0 Å². The lowest BCUT2D eigenvalue weighted by Crippen LogP contribution is -2.44. The predicted octanol–water partition coefficient (Wildman–Crippen LogP) is -0.0582. The zero-order valence-corrected chi connectivity index (χ0v) is 9.92. The van der Waals surface area contributed by atoms with Gasteiger partial charge in [0.05, 0.1) is 19.4 Å². The first-order valence-electron chi connectivity index (χ1n) is 5.31. The molecule has 0 rings (SSSR count). The molecule has 0 heterocycles. The first-order chi connectivity index (χ1) is 8.35. The van der Waals surface area contributed by atoms with Crippen LogP contribution < -0.4 is 0 Å². The number of aliphatic carboxylic acids is 1. The van der Waals surface area contributed by atoms with Crippen LogP contribution in [0.1, 0.15) is 32.6 Å². The second kappa shape index (κ2) is 7.62. The monoisotopic (exact) mass is 264 g/mol. The fourth-order valence-corrected chi connectivity index (χ4v) is 1.17. The summed E-state index contributed by atoms with van der Waals surface area (Å²) in [5.41, 5.74) is -2.54. The summed E-state index contributed by atoms with van der Waals surface area (Å²) in [5.74, 6) is -4.05. The summed E-state index contributed by atoms with van der Waals surface area (Å²) in [7, 11) is 0. The Kier molecular flexibility index (Phi) is 6.91. The van der Waals surface area contributed by atoms with Gasteiger partial charge in [0.25, 0.3) is 0 Å². The quantitative estimate of drug-likeness (QED) is 0.240. The molecule has 8 heteroatoms. The van der Waals surface area contributed by atoms with Crippen molar-refractivity contribution in [3.63, 3.8) is 0 Å². The van der Waals surface area contributed by atoms with Crippen LogP contribution in [-0.4, -0.2) is 45.6 Å². The van der Waals surface area contributed by atoms with Crippen molar-refractivity contribution in [2.75, 3.05) is 6.61 Å². The highest BCUT2D eigenvalue weighted by atomic mass is 17.1. The number of hydrogen-bond donors (Lipinski definition) is 3. The molecule has 0 aliphatic rings. The summed E-state index contributed by atoms with van der Waals surface area (Å²) >= 11 is 0. The summed E-state index contributed by atoms with van der Waals surface area (Å²) < 4.78 is 4.65. The minimum atomic E-state index is -2.54. The molecular formula is C10H16O8. The van der Waals surface area contributed by atoms with E-state index < -0.39 is 36.4 Å². The minimum absolute atomic E-state index is 0.00539. The second-order valence-corrected chi connectivity index (χ2v) is 3.73. The molecule has 1 unspecified atom stereocenters. The lowest BCUT2D eigenvalue weighted by atomic mass is 9.96. The molecule has 0 saturated heterocycles. The van der Waals surface area contributed by atoms with Gasteiger partial charge in [-0.25, -0.2) is 9.59 Å². The Morgan fingerprint density at radius 1 is 1.22 bits per heavy atom. The number of esters is 1. The summed E-state index contributed by atoms with van der Waals surface area (Å²) in [4.78, 5) is 36.2. The van der Waals surface area contributed by atoms with Crippen LogP contribution >= 0.6 is 0 Å². The molecule has 3 N–H and O–H groups in total. The maximum absolute atomic E-state index is 11.5. The van der Waals surface area contributed by atoms with Gasteiger partial charge in [-0.15, -0.1) is 0 Å². The highest BCUT2D eigenvalue weighted by molar-refractivity contribution is 5.89. The normalized spacial score (nSPS) is 13.5. The maximum atomic E-state index is 11.5. The van der Waals surface area contributed by atoms with Gasteiger partial charge < -0.3 is 19.8 Å². The lowest BCUT2D eigenvalue weighted by molar-refractivity contribution is -0.239. The third-order valence-electron chi connectivity index (χ3n) is 2.09. The van der Waals surface area contributed by atoms with Crippen LogP contribution in [0.5, 0.6) is 0 Å². The van der Waals surface area contributed by atoms with E-state index >= 15 is 0 Å². The highest BCUT2D eigenvalue weighted by Crippen LogP contribution is 2.19. The van der Waals surface area contributed by atoms with Gasteiger partial charge in [-0.2, -0.15) is 5.26 Å². The average Bonchev–Trinajstić information content (AvgIpc) is 2.27. The molecule has 0 fully saturated rings. The van der Waals surface area contributed by atoms with E-state index in [1.807, 2.05) is 6.92 Å². The average molecular weight is 264 g/mol. The molecule has 0 aliphatic carbocycles. The van der Waals surface area contributed by atoms with E-state index in [0.29, 0.717) is 6.42 Å². The Hall–Kier alpha value is -1.67. The van der Waals surface area contributed by atoms with E-state index in [0.717, 1.165) is 6.42 Å². The minimum Gasteiger partial charge on any atom is -0.481 e. The van der Waals surface area contributed by atoms with Crippen molar-refractivity contribution in [3.8, 4) is 0 Å². The molecule has 104 valence electrons. The molecule has 1 atom stereocenters. The van der Waals surface area contributed by atoms with Crippen molar-refractivity contribution >= 4 is 17.9 Å². The van der Waals surface area contributed by atoms with E-state index in [-0.39, 0.29) is 6.61 Å². The molecule has 0 amide bonds. The number of unbranched alkanes of at least 4 members (excludes halogenated alkanes) is 1. The molecule has 8 nitrogen and oxygen atoms in total. The lowest BCUT2D eigenvalue weighted by Gasteiger charge is -2.22. The molecule has 0 saturated carbocycles. The molecule has 0 aromatic rings. The SMILES string of the molecule is CCCCOC(=O)C(O)(CC(=O)O)CC(=O)OO. The van der Waals surface area contributed by atoms with Crippen LogP contribution in [0.4, 0.5) is 0 Å². The summed E-state index contributed by atoms with van der Waals surface area (Å²) in [6, 6.07) is 0. The van der Waals surface area contributed by atoms with Crippen LogP contribution in [0, 0.1) is 0 Å². The molecular weight excluding hydrogens is 248 g/mol. The highest BCUT2D eigenvalue weighted by Gasteiger charge is 2.43. The molecule has 0 radical (unpaired) electrons. The van der Waals surface area contributed by atoms with Crippen molar-refractivity contribution in [2.24, 2.45) is 0 Å². The standard InChI is InChI=1S/C10H16O8/c1-2-3-4-17-9(14)10(15,5-7(11)12)6-8(13)18-16/h15-16H,2-6H2,1H3,(H,11,12). The zero-order valence-electron chi connectivity index (χ0n) is 9.92. The van der Waals surface area contributed by atoms with Crippen LogP contribution in [0.15, 0.2) is 0 Å². The number of hydrogen-bond acceptors (Lipinski definition) is 7. The summed E-state index contributed by atoms with van der Waals surface area (Å²) in [5, 5.41) is 26.4. The van der Waals surface area contributed by atoms with Crippen LogP contribution in [0.25, 0.3) is 0 Å². The van der Waals surface area contributed by atoms with Gasteiger partial charge in [0, 0.05) is 0 Å². The van der Waals surface area contributed by atoms with Gasteiger partial charge in [-0.1, -0.05) is 13.3 Å². The van der Waals surface area contributed by atoms with E-state index in [2.05, 4.69) is 9.62 Å². The van der Waals surface area contributed by atoms with Gasteiger partial charge in [0.15, 0.2) is 5.60 Å². The van der Waals surface area contributed by atoms with Gasteiger partial charge in [0.2, 0.25) is 0 Å². The molecule has 0 aromatic heterocycles. The van der Waals surface area contributed by atoms with Crippen molar-refractivity contribution in [3.05, 3.63) is 0 Å². The van der Waals surface area contributed by atoms with Crippen molar-refractivity contribution in [2.45, 2.75) is 38.2 Å². The summed E-state index contributed by atoms with van der Waals surface area (Å²) in [6.45, 7) is 1.85. The Labute approximate surface area is 103 Å². The van der Waals surface area contributed by atoms with Crippen LogP contribution in [-0.2, 0) is 24.0 Å². The Bertz CT molecular complexity index is 313. The van der Waals surface area contributed by atoms with E-state index in [1.54, 1.807) is 0 Å². The Morgan fingerprint density at radius 2 is 1.83 bits per heavy atom. The predicted molar refractivity (Wildman–Crippen MR) is 56.4 cm³/mol. The first-order valence-corrected chi connectivity index (χ1v) is 5.31. The zero-order chi connectivity index (χ0) is 14.2. The number of carboxylic acids is 1. The van der Waals surface area contributed by atoms with Crippen molar-refractivity contribution in [1.29, 1.82) is 0 Å². The number of aliphatic hydroxyl groups is 1. The number of ether oxygens (including phenoxy) is 1. The van der Waals surface area contributed by atoms with Crippen LogP contribution in [0.3, 0.4) is 0 Å². The Morgan fingerprint density at radius 3 is 2.28 bits per heavy atom. The fourth-order valence-electron chi connectivity index (χ4n) is 1.17. The third-order valence-corrected chi connectivity index (χ3v) is 2.09. The fraction of sp³-hybridized carbons (Fsp3) is 0.700. The Balaban J connectivity index is 4.68. The molecule has 0 aliphatic heterocycles. The van der Waals surface area contributed by atoms with Crippen molar-refractivity contribution < 1.29 is 39.5 Å². The summed E-state index contributed by atoms with van der Waals surface area (Å²) in [6.07, 6.45) is -0.740.